The second kappa shape index (κ2) is 4.46. The lowest BCUT2D eigenvalue weighted by Crippen LogP contribution is -2.18. The molecule has 17 heavy (non-hydrogen) atoms. The summed E-state index contributed by atoms with van der Waals surface area (Å²) in [5.41, 5.74) is 3.74. The number of benzene rings is 1. The molecule has 0 unspecified atom stereocenters. The number of pyridine rings is 1. The van der Waals surface area contributed by atoms with E-state index in [1.807, 2.05) is 6.20 Å². The minimum atomic E-state index is 1.09. The molecule has 3 rings (SSSR count). The van der Waals surface area contributed by atoms with Crippen molar-refractivity contribution < 1.29 is 0 Å². The predicted molar refractivity (Wildman–Crippen MR) is 71.0 cm³/mol. The molecule has 1 aromatic carbocycles. The number of rotatable bonds is 2. The van der Waals surface area contributed by atoms with Crippen LogP contribution in [0.2, 0.25) is 0 Å². The van der Waals surface area contributed by atoms with Crippen LogP contribution < -0.4 is 0 Å². The van der Waals surface area contributed by atoms with Crippen molar-refractivity contribution >= 4 is 10.9 Å². The van der Waals surface area contributed by atoms with Crippen molar-refractivity contribution in [2.24, 2.45) is 0 Å². The van der Waals surface area contributed by atoms with Crippen molar-refractivity contribution in [3.05, 3.63) is 41.6 Å². The van der Waals surface area contributed by atoms with Crippen molar-refractivity contribution in [1.82, 2.24) is 9.88 Å². The van der Waals surface area contributed by atoms with E-state index in [4.69, 9.17) is 0 Å². The minimum absolute atomic E-state index is 1.09. The van der Waals surface area contributed by atoms with E-state index in [1.165, 1.54) is 42.4 Å². The zero-order valence-electron chi connectivity index (χ0n) is 10.3. The molecule has 1 fully saturated rings. The summed E-state index contributed by atoms with van der Waals surface area (Å²) >= 11 is 0. The normalized spacial score (nSPS) is 16.8. The number of likely N-dealkylation sites (tertiary alicyclic amines) is 1. The molecule has 0 aliphatic carbocycles. The van der Waals surface area contributed by atoms with Crippen LogP contribution in [0.4, 0.5) is 0 Å². The first-order chi connectivity index (χ1) is 8.31. The molecule has 2 aromatic rings. The summed E-state index contributed by atoms with van der Waals surface area (Å²) < 4.78 is 0. The molecule has 2 nitrogen and oxygen atoms in total. The molecular formula is C15H18N2. The zero-order chi connectivity index (χ0) is 11.7. The first kappa shape index (κ1) is 10.7. The summed E-state index contributed by atoms with van der Waals surface area (Å²) in [4.78, 5) is 6.97. The summed E-state index contributed by atoms with van der Waals surface area (Å²) in [6, 6.07) is 8.85. The second-order valence-electron chi connectivity index (χ2n) is 5.02. The summed E-state index contributed by atoms with van der Waals surface area (Å²) in [7, 11) is 0. The third-order valence-corrected chi connectivity index (χ3v) is 3.49. The van der Waals surface area contributed by atoms with E-state index in [0.717, 1.165) is 12.1 Å². The first-order valence-corrected chi connectivity index (χ1v) is 6.39. The highest BCUT2D eigenvalue weighted by atomic mass is 15.1. The molecule has 1 aliphatic heterocycles. The third kappa shape index (κ3) is 2.32. The van der Waals surface area contributed by atoms with Gasteiger partial charge in [0.25, 0.3) is 0 Å². The number of aryl methyl sites for hydroxylation is 1. The van der Waals surface area contributed by atoms with Gasteiger partial charge in [0.05, 0.1) is 5.52 Å². The number of hydrogen-bond acceptors (Lipinski definition) is 2. The maximum atomic E-state index is 4.44. The summed E-state index contributed by atoms with van der Waals surface area (Å²) in [5, 5.41) is 1.27. The Morgan fingerprint density at radius 3 is 2.82 bits per heavy atom. The van der Waals surface area contributed by atoms with Gasteiger partial charge in [-0.2, -0.15) is 0 Å². The SMILES string of the molecule is Cc1cnc2ccc(CN3CCCC3)cc2c1. The molecule has 1 saturated heterocycles. The van der Waals surface area contributed by atoms with E-state index in [0.29, 0.717) is 0 Å². The van der Waals surface area contributed by atoms with Crippen LogP contribution >= 0.6 is 0 Å². The Hall–Kier alpha value is -1.41. The van der Waals surface area contributed by atoms with Gasteiger partial charge in [0.15, 0.2) is 0 Å². The van der Waals surface area contributed by atoms with Gasteiger partial charge >= 0.3 is 0 Å². The van der Waals surface area contributed by atoms with Gasteiger partial charge in [-0.1, -0.05) is 6.07 Å². The molecule has 1 aliphatic rings. The first-order valence-electron chi connectivity index (χ1n) is 6.39. The molecule has 2 heterocycles. The predicted octanol–water partition coefficient (Wildman–Crippen LogP) is 3.14. The lowest BCUT2D eigenvalue weighted by atomic mass is 10.1. The Balaban J connectivity index is 1.89. The highest BCUT2D eigenvalue weighted by Crippen LogP contribution is 2.18. The van der Waals surface area contributed by atoms with E-state index in [1.54, 1.807) is 0 Å². The molecule has 0 radical (unpaired) electrons. The smallest absolute Gasteiger partial charge is 0.0702 e. The van der Waals surface area contributed by atoms with Gasteiger partial charge in [0.1, 0.15) is 0 Å². The number of aromatic nitrogens is 1. The van der Waals surface area contributed by atoms with Crippen LogP contribution in [0.3, 0.4) is 0 Å². The van der Waals surface area contributed by atoms with Crippen LogP contribution in [-0.2, 0) is 6.54 Å². The van der Waals surface area contributed by atoms with Gasteiger partial charge in [-0.25, -0.2) is 0 Å². The van der Waals surface area contributed by atoms with Gasteiger partial charge < -0.3 is 0 Å². The summed E-state index contributed by atoms with van der Waals surface area (Å²) in [6.07, 6.45) is 4.64. The molecule has 0 atom stereocenters. The van der Waals surface area contributed by atoms with Crippen LogP contribution in [0.15, 0.2) is 30.5 Å². The topological polar surface area (TPSA) is 16.1 Å². The van der Waals surface area contributed by atoms with Gasteiger partial charge in [-0.3, -0.25) is 9.88 Å². The largest absolute Gasteiger partial charge is 0.299 e. The lowest BCUT2D eigenvalue weighted by molar-refractivity contribution is 0.331. The van der Waals surface area contributed by atoms with Gasteiger partial charge in [0, 0.05) is 18.1 Å². The van der Waals surface area contributed by atoms with E-state index in [9.17, 15) is 0 Å². The molecule has 0 N–H and O–H groups in total. The van der Waals surface area contributed by atoms with Crippen LogP contribution in [-0.4, -0.2) is 23.0 Å². The van der Waals surface area contributed by atoms with Crippen LogP contribution in [0.5, 0.6) is 0 Å². The average molecular weight is 226 g/mol. The second-order valence-corrected chi connectivity index (χ2v) is 5.02. The maximum absolute atomic E-state index is 4.44. The molecular weight excluding hydrogens is 208 g/mol. The monoisotopic (exact) mass is 226 g/mol. The summed E-state index contributed by atoms with van der Waals surface area (Å²) in [5.74, 6) is 0. The molecule has 0 spiro atoms. The van der Waals surface area contributed by atoms with Gasteiger partial charge in [-0.15, -0.1) is 0 Å². The van der Waals surface area contributed by atoms with Crippen molar-refractivity contribution in [2.75, 3.05) is 13.1 Å². The van der Waals surface area contributed by atoms with E-state index in [-0.39, 0.29) is 0 Å². The Bertz CT molecular complexity index is 527. The number of nitrogens with zero attached hydrogens (tertiary/aromatic N) is 2. The zero-order valence-corrected chi connectivity index (χ0v) is 10.3. The lowest BCUT2D eigenvalue weighted by Gasteiger charge is -2.14. The highest BCUT2D eigenvalue weighted by molar-refractivity contribution is 5.79. The molecule has 2 heteroatoms. The molecule has 0 saturated carbocycles. The fourth-order valence-electron chi connectivity index (χ4n) is 2.59. The quantitative estimate of drug-likeness (QED) is 0.782. The van der Waals surface area contributed by atoms with Gasteiger partial charge in [0.2, 0.25) is 0 Å². The summed E-state index contributed by atoms with van der Waals surface area (Å²) in [6.45, 7) is 5.69. The van der Waals surface area contributed by atoms with Crippen molar-refractivity contribution in [1.29, 1.82) is 0 Å². The fourth-order valence-corrected chi connectivity index (χ4v) is 2.59. The van der Waals surface area contributed by atoms with Crippen LogP contribution in [0.25, 0.3) is 10.9 Å². The Kier molecular flexibility index (Phi) is 2.81. The molecule has 0 bridgehead atoms. The number of hydrogen-bond donors (Lipinski definition) is 0. The third-order valence-electron chi connectivity index (χ3n) is 3.49. The standard InChI is InChI=1S/C15H18N2/c1-12-8-14-9-13(4-5-15(14)16-10-12)11-17-6-2-3-7-17/h4-5,8-10H,2-3,6-7,11H2,1H3. The van der Waals surface area contributed by atoms with Crippen LogP contribution in [0.1, 0.15) is 24.0 Å². The maximum Gasteiger partial charge on any atom is 0.0702 e. The average Bonchev–Trinajstić information content (AvgIpc) is 2.81. The Labute approximate surface area is 102 Å². The number of fused-ring (bicyclic) bond motifs is 1. The Morgan fingerprint density at radius 1 is 1.18 bits per heavy atom. The molecule has 0 amide bonds. The van der Waals surface area contributed by atoms with E-state index in [2.05, 4.69) is 41.1 Å². The molecule has 88 valence electrons. The van der Waals surface area contributed by atoms with Crippen LogP contribution in [0, 0.1) is 6.92 Å². The van der Waals surface area contributed by atoms with Crippen molar-refractivity contribution in [3.8, 4) is 0 Å². The van der Waals surface area contributed by atoms with Gasteiger partial charge in [-0.05, 0) is 62.2 Å². The highest BCUT2D eigenvalue weighted by Gasteiger charge is 2.11. The van der Waals surface area contributed by atoms with Crippen molar-refractivity contribution in [3.63, 3.8) is 0 Å². The van der Waals surface area contributed by atoms with Crippen molar-refractivity contribution in [2.45, 2.75) is 26.3 Å². The Morgan fingerprint density at radius 2 is 2.00 bits per heavy atom. The fraction of sp³-hybridized carbons (Fsp3) is 0.400. The van der Waals surface area contributed by atoms with E-state index >= 15 is 0 Å². The molecule has 1 aromatic heterocycles. The minimum Gasteiger partial charge on any atom is -0.299 e. The van der Waals surface area contributed by atoms with E-state index < -0.39 is 0 Å².